The van der Waals surface area contributed by atoms with E-state index in [0.29, 0.717) is 17.0 Å². The number of anilines is 1. The van der Waals surface area contributed by atoms with Gasteiger partial charge in [0.05, 0.1) is 28.5 Å². The molecule has 1 aromatic rings. The molecule has 0 fully saturated rings. The second-order valence-corrected chi connectivity index (χ2v) is 8.40. The number of fused-ring (bicyclic) bond motifs is 1. The molecule has 8 heteroatoms. The fourth-order valence-corrected chi connectivity index (χ4v) is 3.63. The zero-order valence-electron chi connectivity index (χ0n) is 14.1. The lowest BCUT2D eigenvalue weighted by Gasteiger charge is -2.34. The summed E-state index contributed by atoms with van der Waals surface area (Å²) < 4.78 is 29.9. The average Bonchev–Trinajstić information content (AvgIpc) is 2.53. The van der Waals surface area contributed by atoms with Gasteiger partial charge in [-0.05, 0) is 32.1 Å². The van der Waals surface area contributed by atoms with E-state index in [9.17, 15) is 13.7 Å². The van der Waals surface area contributed by atoms with Crippen molar-refractivity contribution in [2.45, 2.75) is 24.3 Å². The summed E-state index contributed by atoms with van der Waals surface area (Å²) in [6.45, 7) is 3.97. The van der Waals surface area contributed by atoms with Crippen LogP contribution >= 0.6 is 0 Å². The number of nitrogens with zero attached hydrogens (tertiary/aromatic N) is 3. The van der Waals surface area contributed by atoms with Crippen molar-refractivity contribution >= 4 is 21.2 Å². The monoisotopic (exact) mass is 358 g/mol. The van der Waals surface area contributed by atoms with Crippen molar-refractivity contribution in [3.63, 3.8) is 0 Å². The fourth-order valence-electron chi connectivity index (χ4n) is 2.77. The molecule has 0 aromatic heterocycles. The van der Waals surface area contributed by atoms with Crippen LogP contribution in [-0.4, -0.2) is 32.6 Å². The number of ether oxygens (including phenoxy) is 1. The van der Waals surface area contributed by atoms with Crippen molar-refractivity contribution in [3.05, 3.63) is 47.3 Å². The van der Waals surface area contributed by atoms with E-state index in [2.05, 4.69) is 11.2 Å². The van der Waals surface area contributed by atoms with E-state index >= 15 is 0 Å². The first-order valence-electron chi connectivity index (χ1n) is 7.58. The van der Waals surface area contributed by atoms with E-state index < -0.39 is 15.4 Å². The number of nitrogens with two attached hydrogens (primary N) is 1. The molecule has 0 unspecified atom stereocenters. The Kier molecular flexibility index (Phi) is 3.94. The van der Waals surface area contributed by atoms with E-state index in [4.69, 9.17) is 10.5 Å². The number of hydrogen-bond donors (Lipinski definition) is 1. The van der Waals surface area contributed by atoms with Crippen LogP contribution in [0.3, 0.4) is 0 Å². The maximum absolute atomic E-state index is 12.1. The summed E-state index contributed by atoms with van der Waals surface area (Å²) in [6, 6.07) is 8.51. The Hall–Kier alpha value is -2.63. The Morgan fingerprint density at radius 3 is 2.68 bits per heavy atom. The Morgan fingerprint density at radius 2 is 2.04 bits per heavy atom. The molecule has 0 amide bonds. The van der Waals surface area contributed by atoms with E-state index in [-0.39, 0.29) is 22.9 Å². The minimum atomic E-state index is -3.50. The molecule has 0 saturated carbocycles. The minimum absolute atomic E-state index is 0.0871. The highest BCUT2D eigenvalue weighted by atomic mass is 32.2. The third-order valence-electron chi connectivity index (χ3n) is 3.96. The van der Waals surface area contributed by atoms with Crippen LogP contribution in [0.1, 0.15) is 13.8 Å². The predicted molar refractivity (Wildman–Crippen MR) is 94.4 cm³/mol. The molecule has 25 heavy (non-hydrogen) atoms. The molecule has 0 aliphatic carbocycles. The van der Waals surface area contributed by atoms with Crippen molar-refractivity contribution in [1.82, 2.24) is 0 Å². The van der Waals surface area contributed by atoms with Crippen molar-refractivity contribution in [1.29, 1.82) is 5.26 Å². The van der Waals surface area contributed by atoms with E-state index in [0.717, 1.165) is 6.26 Å². The second-order valence-electron chi connectivity index (χ2n) is 6.42. The summed E-state index contributed by atoms with van der Waals surface area (Å²) in [6.07, 6.45) is 2.92. The molecule has 7 nitrogen and oxygen atoms in total. The standard InChI is InChI=1S/C17H18N4O3S/c1-17(2)8-11-12(9-18)16(19)21(20-13(11)10-24-17)14-6-4-5-7-15(14)25(3,22)23/h4-8H,10,19H2,1-3H3. The molecule has 0 radical (unpaired) electrons. The van der Waals surface area contributed by atoms with Gasteiger partial charge in [-0.1, -0.05) is 12.1 Å². The van der Waals surface area contributed by atoms with Gasteiger partial charge in [-0.3, -0.25) is 0 Å². The van der Waals surface area contributed by atoms with Gasteiger partial charge in [0.1, 0.15) is 17.5 Å². The Balaban J connectivity index is 2.22. The smallest absolute Gasteiger partial charge is 0.177 e. The van der Waals surface area contributed by atoms with Crippen LogP contribution in [-0.2, 0) is 14.6 Å². The Labute approximate surface area is 146 Å². The molecule has 0 atom stereocenters. The molecule has 1 aromatic carbocycles. The van der Waals surface area contributed by atoms with Crippen molar-refractivity contribution < 1.29 is 13.2 Å². The molecular formula is C17H18N4O3S. The van der Waals surface area contributed by atoms with Crippen LogP contribution in [0.15, 0.2) is 57.3 Å². The molecule has 2 heterocycles. The van der Waals surface area contributed by atoms with Gasteiger partial charge in [-0.15, -0.1) is 0 Å². The van der Waals surface area contributed by atoms with E-state index in [1.165, 1.54) is 11.1 Å². The van der Waals surface area contributed by atoms with Crippen LogP contribution in [0, 0.1) is 11.3 Å². The maximum Gasteiger partial charge on any atom is 0.177 e. The fraction of sp³-hybridized carbons (Fsp3) is 0.294. The summed E-state index contributed by atoms with van der Waals surface area (Å²) >= 11 is 0. The first-order chi connectivity index (χ1) is 11.6. The zero-order valence-corrected chi connectivity index (χ0v) is 15.0. The molecule has 3 rings (SSSR count). The van der Waals surface area contributed by atoms with Crippen molar-refractivity contribution in [3.8, 4) is 6.07 Å². The molecule has 0 saturated heterocycles. The summed E-state index contributed by atoms with van der Waals surface area (Å²) in [5.74, 6) is 0.0892. The van der Waals surface area contributed by atoms with Crippen LogP contribution < -0.4 is 10.7 Å². The van der Waals surface area contributed by atoms with Crippen LogP contribution in [0.25, 0.3) is 0 Å². The predicted octanol–water partition coefficient (Wildman–Crippen LogP) is 1.70. The highest BCUT2D eigenvalue weighted by Gasteiger charge is 2.34. The number of nitriles is 1. The first-order valence-corrected chi connectivity index (χ1v) is 9.47. The lowest BCUT2D eigenvalue weighted by Crippen LogP contribution is -2.39. The highest BCUT2D eigenvalue weighted by Crippen LogP contribution is 2.35. The number of rotatable bonds is 2. The average molecular weight is 358 g/mol. The lowest BCUT2D eigenvalue weighted by molar-refractivity contribution is 0.0409. The Morgan fingerprint density at radius 1 is 1.36 bits per heavy atom. The second kappa shape index (κ2) is 5.72. The van der Waals surface area contributed by atoms with Gasteiger partial charge in [-0.2, -0.15) is 10.4 Å². The van der Waals surface area contributed by atoms with Gasteiger partial charge in [0, 0.05) is 11.8 Å². The van der Waals surface area contributed by atoms with Crippen LogP contribution in [0.2, 0.25) is 0 Å². The topological polar surface area (TPSA) is 109 Å². The molecule has 0 spiro atoms. The SMILES string of the molecule is CC1(C)C=C2C(=NN(c3ccccc3S(C)(=O)=O)C(N)=C2C#N)CO1. The van der Waals surface area contributed by atoms with Crippen molar-refractivity contribution in [2.75, 3.05) is 17.9 Å². The lowest BCUT2D eigenvalue weighted by atomic mass is 9.92. The number of benzene rings is 1. The summed E-state index contributed by atoms with van der Waals surface area (Å²) in [5, 5.41) is 15.3. The number of hydrogen-bond acceptors (Lipinski definition) is 7. The number of sulfone groups is 1. The highest BCUT2D eigenvalue weighted by molar-refractivity contribution is 7.90. The third-order valence-corrected chi connectivity index (χ3v) is 5.11. The van der Waals surface area contributed by atoms with Gasteiger partial charge >= 0.3 is 0 Å². The molecule has 2 aliphatic rings. The normalized spacial score (nSPS) is 19.7. The maximum atomic E-state index is 12.1. The van der Waals surface area contributed by atoms with E-state index in [1.807, 2.05) is 13.8 Å². The number of hydrazone groups is 1. The van der Waals surface area contributed by atoms with Gasteiger partial charge in [-0.25, -0.2) is 13.4 Å². The molecular weight excluding hydrogens is 340 g/mol. The minimum Gasteiger partial charge on any atom is -0.383 e. The first kappa shape index (κ1) is 17.2. The molecule has 130 valence electrons. The molecule has 2 N–H and O–H groups in total. The number of para-hydroxylation sites is 1. The quantitative estimate of drug-likeness (QED) is 0.862. The largest absolute Gasteiger partial charge is 0.383 e. The van der Waals surface area contributed by atoms with Crippen LogP contribution in [0.5, 0.6) is 0 Å². The molecule has 2 aliphatic heterocycles. The van der Waals surface area contributed by atoms with Crippen LogP contribution in [0.4, 0.5) is 5.69 Å². The summed E-state index contributed by atoms with van der Waals surface area (Å²) in [4.78, 5) is 0.0871. The van der Waals surface area contributed by atoms with E-state index in [1.54, 1.807) is 24.3 Å². The van der Waals surface area contributed by atoms with Gasteiger partial charge in [0.25, 0.3) is 0 Å². The number of allylic oxidation sites excluding steroid dienone is 1. The van der Waals surface area contributed by atoms with Gasteiger partial charge < -0.3 is 10.5 Å². The Bertz CT molecular complexity index is 981. The van der Waals surface area contributed by atoms with Crippen molar-refractivity contribution in [2.24, 2.45) is 10.8 Å². The molecule has 0 bridgehead atoms. The summed E-state index contributed by atoms with van der Waals surface area (Å²) in [7, 11) is -3.50. The van der Waals surface area contributed by atoms with Gasteiger partial charge in [0.2, 0.25) is 0 Å². The zero-order chi connectivity index (χ0) is 18.4. The third kappa shape index (κ3) is 3.04. The van der Waals surface area contributed by atoms with Gasteiger partial charge in [0.15, 0.2) is 9.84 Å². The summed E-state index contributed by atoms with van der Waals surface area (Å²) in [5.41, 5.74) is 7.35.